The van der Waals surface area contributed by atoms with Crippen LogP contribution in [-0.4, -0.2) is 54.3 Å². The van der Waals surface area contributed by atoms with Gasteiger partial charge in [-0.05, 0) is 42.3 Å². The van der Waals surface area contributed by atoms with Crippen molar-refractivity contribution in [3.8, 4) is 16.3 Å². The molecule has 1 aromatic carbocycles. The van der Waals surface area contributed by atoms with Gasteiger partial charge < -0.3 is 5.32 Å². The summed E-state index contributed by atoms with van der Waals surface area (Å²) in [6.07, 6.45) is 4.50. The summed E-state index contributed by atoms with van der Waals surface area (Å²) in [6.45, 7) is 1.54. The molecule has 1 saturated heterocycles. The molecule has 0 atom stereocenters. The number of amides is 1. The average molecular weight is 445 g/mol. The lowest BCUT2D eigenvalue weighted by Crippen LogP contribution is -2.41. The van der Waals surface area contributed by atoms with E-state index in [1.807, 2.05) is 47.8 Å². The van der Waals surface area contributed by atoms with E-state index in [0.717, 1.165) is 23.4 Å². The molecule has 7 nitrogen and oxygen atoms in total. The summed E-state index contributed by atoms with van der Waals surface area (Å²) in [5.74, 6) is 0.104. The highest BCUT2D eigenvalue weighted by Gasteiger charge is 2.26. The van der Waals surface area contributed by atoms with Gasteiger partial charge in [0.05, 0.1) is 22.4 Å². The Morgan fingerprint density at radius 3 is 2.53 bits per heavy atom. The normalized spacial score (nSPS) is 15.9. The molecule has 0 saturated carbocycles. The number of hydrogen-bond acceptors (Lipinski definition) is 5. The zero-order chi connectivity index (χ0) is 21.1. The summed E-state index contributed by atoms with van der Waals surface area (Å²) in [5, 5.41) is 9.67. The summed E-state index contributed by atoms with van der Waals surface area (Å²) < 4.78 is 26.6. The van der Waals surface area contributed by atoms with Crippen LogP contribution in [-0.2, 0) is 10.0 Å². The molecule has 1 amide bonds. The third kappa shape index (κ3) is 4.63. The third-order valence-electron chi connectivity index (χ3n) is 5.33. The van der Waals surface area contributed by atoms with Gasteiger partial charge in [-0.2, -0.15) is 5.10 Å². The van der Waals surface area contributed by atoms with Crippen LogP contribution in [0.1, 0.15) is 23.2 Å². The van der Waals surface area contributed by atoms with E-state index in [4.69, 9.17) is 0 Å². The maximum Gasteiger partial charge on any atom is 0.255 e. The number of para-hydroxylation sites is 1. The van der Waals surface area contributed by atoms with E-state index in [2.05, 4.69) is 10.4 Å². The molecule has 1 aliphatic rings. The molecular formula is C21H24N4O3S2. The Bertz CT molecular complexity index is 1100. The molecule has 0 unspecified atom stereocenters. The van der Waals surface area contributed by atoms with Crippen molar-refractivity contribution >= 4 is 27.3 Å². The van der Waals surface area contributed by atoms with Crippen LogP contribution in [0.15, 0.2) is 54.0 Å². The highest BCUT2D eigenvalue weighted by Crippen LogP contribution is 2.28. The molecule has 30 heavy (non-hydrogen) atoms. The molecule has 0 spiro atoms. The lowest BCUT2D eigenvalue weighted by Gasteiger charge is -2.30. The molecule has 0 radical (unpaired) electrons. The van der Waals surface area contributed by atoms with Gasteiger partial charge in [0, 0.05) is 25.8 Å². The fourth-order valence-electron chi connectivity index (χ4n) is 3.63. The maximum atomic E-state index is 13.0. The summed E-state index contributed by atoms with van der Waals surface area (Å²) in [5.41, 5.74) is 2.09. The smallest absolute Gasteiger partial charge is 0.255 e. The standard InChI is InChI=1S/C21H24N4O3S2/c1-30(27,28)24-11-9-16(10-12-24)14-22-21(26)18-15-25(17-6-3-2-4-7-17)23-20(18)19-8-5-13-29-19/h2-8,13,15-16H,9-12,14H2,1H3,(H,22,26). The molecule has 9 heteroatoms. The Balaban J connectivity index is 1.48. The monoisotopic (exact) mass is 444 g/mol. The van der Waals surface area contributed by atoms with Crippen molar-refractivity contribution in [2.24, 2.45) is 5.92 Å². The molecule has 4 rings (SSSR count). The zero-order valence-corrected chi connectivity index (χ0v) is 18.3. The number of sulfonamides is 1. The highest BCUT2D eigenvalue weighted by molar-refractivity contribution is 7.88. The number of thiophene rings is 1. The Morgan fingerprint density at radius 1 is 1.17 bits per heavy atom. The Hall–Kier alpha value is -2.49. The van der Waals surface area contributed by atoms with Crippen molar-refractivity contribution in [3.05, 3.63) is 59.6 Å². The number of nitrogens with zero attached hydrogens (tertiary/aromatic N) is 3. The molecule has 1 fully saturated rings. The topological polar surface area (TPSA) is 84.3 Å². The first-order chi connectivity index (χ1) is 14.4. The Kier molecular flexibility index (Phi) is 6.03. The van der Waals surface area contributed by atoms with Gasteiger partial charge in [-0.3, -0.25) is 4.79 Å². The summed E-state index contributed by atoms with van der Waals surface area (Å²) >= 11 is 1.55. The number of aromatic nitrogens is 2. The molecule has 158 valence electrons. The van der Waals surface area contributed by atoms with Gasteiger partial charge in [0.15, 0.2) is 0 Å². The van der Waals surface area contributed by atoms with E-state index in [9.17, 15) is 13.2 Å². The van der Waals surface area contributed by atoms with Crippen molar-refractivity contribution in [1.29, 1.82) is 0 Å². The number of rotatable bonds is 6. The van der Waals surface area contributed by atoms with Crippen LogP contribution in [0, 0.1) is 5.92 Å². The first-order valence-corrected chi connectivity index (χ1v) is 12.6. The van der Waals surface area contributed by atoms with Crippen LogP contribution in [0.4, 0.5) is 0 Å². The number of nitrogens with one attached hydrogen (secondary N) is 1. The van der Waals surface area contributed by atoms with Crippen molar-refractivity contribution < 1.29 is 13.2 Å². The first kappa shape index (κ1) is 20.8. The minimum atomic E-state index is -3.14. The van der Waals surface area contributed by atoms with Gasteiger partial charge in [-0.15, -0.1) is 11.3 Å². The molecule has 0 aliphatic carbocycles. The second-order valence-electron chi connectivity index (χ2n) is 7.46. The van der Waals surface area contributed by atoms with Crippen molar-refractivity contribution in [3.63, 3.8) is 0 Å². The van der Waals surface area contributed by atoms with Crippen LogP contribution >= 0.6 is 11.3 Å². The fourth-order valence-corrected chi connectivity index (χ4v) is 5.22. The molecule has 3 aromatic rings. The van der Waals surface area contributed by atoms with Crippen LogP contribution in [0.2, 0.25) is 0 Å². The predicted octanol–water partition coefficient (Wildman–Crippen LogP) is 3.00. The van der Waals surface area contributed by atoms with Gasteiger partial charge in [-0.1, -0.05) is 24.3 Å². The zero-order valence-electron chi connectivity index (χ0n) is 16.7. The fraction of sp³-hybridized carbons (Fsp3) is 0.333. The minimum absolute atomic E-state index is 0.161. The van der Waals surface area contributed by atoms with E-state index < -0.39 is 10.0 Å². The van der Waals surface area contributed by atoms with Crippen LogP contribution in [0.5, 0.6) is 0 Å². The van der Waals surface area contributed by atoms with Crippen molar-refractivity contribution in [2.45, 2.75) is 12.8 Å². The van der Waals surface area contributed by atoms with E-state index in [1.54, 1.807) is 22.2 Å². The number of hydrogen-bond donors (Lipinski definition) is 1. The van der Waals surface area contributed by atoms with Gasteiger partial charge >= 0.3 is 0 Å². The van der Waals surface area contributed by atoms with Crippen LogP contribution < -0.4 is 5.32 Å². The highest BCUT2D eigenvalue weighted by atomic mass is 32.2. The van der Waals surface area contributed by atoms with E-state index in [0.29, 0.717) is 30.9 Å². The molecule has 3 heterocycles. The number of carbonyl (C=O) groups excluding carboxylic acids is 1. The van der Waals surface area contributed by atoms with Gasteiger partial charge in [0.2, 0.25) is 10.0 Å². The maximum absolute atomic E-state index is 13.0. The van der Waals surface area contributed by atoms with E-state index >= 15 is 0 Å². The van der Waals surface area contributed by atoms with Gasteiger partial charge in [0.25, 0.3) is 5.91 Å². The van der Waals surface area contributed by atoms with Gasteiger partial charge in [-0.25, -0.2) is 17.4 Å². The predicted molar refractivity (Wildman–Crippen MR) is 118 cm³/mol. The molecule has 2 aromatic heterocycles. The molecular weight excluding hydrogens is 420 g/mol. The molecule has 1 aliphatic heterocycles. The first-order valence-electron chi connectivity index (χ1n) is 9.84. The lowest BCUT2D eigenvalue weighted by molar-refractivity contribution is 0.0942. The van der Waals surface area contributed by atoms with Crippen LogP contribution in [0.3, 0.4) is 0 Å². The quantitative estimate of drug-likeness (QED) is 0.633. The largest absolute Gasteiger partial charge is 0.352 e. The third-order valence-corrected chi connectivity index (χ3v) is 7.51. The Labute approximate surface area is 180 Å². The van der Waals surface area contributed by atoms with E-state index in [1.165, 1.54) is 10.6 Å². The minimum Gasteiger partial charge on any atom is -0.352 e. The summed E-state index contributed by atoms with van der Waals surface area (Å²) in [4.78, 5) is 13.9. The SMILES string of the molecule is CS(=O)(=O)N1CCC(CNC(=O)c2cn(-c3ccccc3)nc2-c2cccs2)CC1. The van der Waals surface area contributed by atoms with Crippen molar-refractivity contribution in [2.75, 3.05) is 25.9 Å². The average Bonchev–Trinajstić information content (AvgIpc) is 3.42. The van der Waals surface area contributed by atoms with Crippen LogP contribution in [0.25, 0.3) is 16.3 Å². The summed E-state index contributed by atoms with van der Waals surface area (Å²) in [6, 6.07) is 13.6. The second-order valence-corrected chi connectivity index (χ2v) is 10.4. The number of carbonyl (C=O) groups is 1. The van der Waals surface area contributed by atoms with Crippen molar-refractivity contribution in [1.82, 2.24) is 19.4 Å². The Morgan fingerprint density at radius 2 is 1.90 bits per heavy atom. The lowest BCUT2D eigenvalue weighted by atomic mass is 9.98. The molecule has 0 bridgehead atoms. The number of benzene rings is 1. The molecule has 1 N–H and O–H groups in total. The number of piperidine rings is 1. The van der Waals surface area contributed by atoms with E-state index in [-0.39, 0.29) is 11.8 Å². The summed E-state index contributed by atoms with van der Waals surface area (Å²) in [7, 11) is -3.14. The second kappa shape index (κ2) is 8.71. The van der Waals surface area contributed by atoms with Gasteiger partial charge in [0.1, 0.15) is 5.69 Å².